The van der Waals surface area contributed by atoms with E-state index in [0.29, 0.717) is 19.1 Å². The molecule has 1 aromatic heterocycles. The van der Waals surface area contributed by atoms with Crippen molar-refractivity contribution in [3.63, 3.8) is 0 Å². The third kappa shape index (κ3) is 3.49. The molecular weight excluding hydrogens is 220 g/mol. The number of aromatic nitrogens is 3. The number of methoxy groups -OCH3 is 2. The summed E-state index contributed by atoms with van der Waals surface area (Å²) in [7, 11) is 3.36. The molecule has 2 N–H and O–H groups in total. The van der Waals surface area contributed by atoms with Crippen LogP contribution in [0, 0.1) is 5.92 Å². The lowest BCUT2D eigenvalue weighted by Crippen LogP contribution is -2.18. The highest BCUT2D eigenvalue weighted by Gasteiger charge is 2.19. The Balaban J connectivity index is 2.87. The molecule has 0 radical (unpaired) electrons. The van der Waals surface area contributed by atoms with E-state index in [1.54, 1.807) is 14.2 Å². The third-order valence-electron chi connectivity index (χ3n) is 2.71. The van der Waals surface area contributed by atoms with Crippen molar-refractivity contribution in [1.82, 2.24) is 15.0 Å². The van der Waals surface area contributed by atoms with E-state index in [1.807, 2.05) is 11.6 Å². The Morgan fingerprint density at radius 1 is 1.35 bits per heavy atom. The van der Waals surface area contributed by atoms with Gasteiger partial charge in [-0.1, -0.05) is 12.1 Å². The van der Waals surface area contributed by atoms with Gasteiger partial charge in [0.2, 0.25) is 0 Å². The molecule has 1 aromatic rings. The van der Waals surface area contributed by atoms with E-state index in [4.69, 9.17) is 15.2 Å². The molecule has 6 nitrogen and oxygen atoms in total. The van der Waals surface area contributed by atoms with Crippen molar-refractivity contribution in [1.29, 1.82) is 0 Å². The Kier molecular flexibility index (Phi) is 5.54. The molecule has 0 spiro atoms. The molecule has 0 fully saturated rings. The summed E-state index contributed by atoms with van der Waals surface area (Å²) < 4.78 is 12.3. The molecule has 0 saturated heterocycles. The summed E-state index contributed by atoms with van der Waals surface area (Å²) in [5.41, 5.74) is 7.40. The molecule has 1 rings (SSSR count). The summed E-state index contributed by atoms with van der Waals surface area (Å²) in [6.07, 6.45) is -0.0571. The molecular formula is C11H22N4O2. The molecule has 0 aromatic carbocycles. The standard InChI is InChI=1S/C11H22N4O2/c1-8(7-16-3)6-15-11(9(2)17-4)10(5-12)13-14-15/h8-9H,5-7,12H2,1-4H3. The summed E-state index contributed by atoms with van der Waals surface area (Å²) in [5.74, 6) is 0.370. The predicted molar refractivity (Wildman–Crippen MR) is 64.4 cm³/mol. The minimum Gasteiger partial charge on any atom is -0.384 e. The molecule has 0 aliphatic rings. The van der Waals surface area contributed by atoms with Crippen molar-refractivity contribution in [2.24, 2.45) is 11.7 Å². The van der Waals surface area contributed by atoms with Crippen molar-refractivity contribution in [3.8, 4) is 0 Å². The average Bonchev–Trinajstić information content (AvgIpc) is 2.71. The van der Waals surface area contributed by atoms with Gasteiger partial charge in [0.05, 0.1) is 18.4 Å². The smallest absolute Gasteiger partial charge is 0.102 e. The largest absolute Gasteiger partial charge is 0.384 e. The van der Waals surface area contributed by atoms with Crippen molar-refractivity contribution >= 4 is 0 Å². The van der Waals surface area contributed by atoms with Gasteiger partial charge in [-0.15, -0.1) is 5.10 Å². The van der Waals surface area contributed by atoms with Crippen molar-refractivity contribution in [2.45, 2.75) is 33.0 Å². The van der Waals surface area contributed by atoms with Gasteiger partial charge in [0.25, 0.3) is 0 Å². The summed E-state index contributed by atoms with van der Waals surface area (Å²) >= 11 is 0. The highest BCUT2D eigenvalue weighted by Crippen LogP contribution is 2.19. The molecule has 0 amide bonds. The Bertz CT molecular complexity index is 340. The number of hydrogen-bond donors (Lipinski definition) is 1. The number of ether oxygens (including phenoxy) is 2. The molecule has 98 valence electrons. The van der Waals surface area contributed by atoms with E-state index in [9.17, 15) is 0 Å². The van der Waals surface area contributed by atoms with Gasteiger partial charge in [0.1, 0.15) is 5.69 Å². The Morgan fingerprint density at radius 2 is 2.06 bits per heavy atom. The molecule has 2 unspecified atom stereocenters. The van der Waals surface area contributed by atoms with Crippen LogP contribution in [-0.4, -0.2) is 35.8 Å². The fourth-order valence-electron chi connectivity index (χ4n) is 1.83. The van der Waals surface area contributed by atoms with Crippen LogP contribution in [0.25, 0.3) is 0 Å². The normalized spacial score (nSPS) is 14.9. The molecule has 17 heavy (non-hydrogen) atoms. The summed E-state index contributed by atoms with van der Waals surface area (Å²) in [6.45, 7) is 5.90. The second-order valence-corrected chi connectivity index (χ2v) is 4.25. The highest BCUT2D eigenvalue weighted by molar-refractivity contribution is 5.12. The maximum atomic E-state index is 5.65. The summed E-state index contributed by atoms with van der Waals surface area (Å²) in [4.78, 5) is 0. The Hall–Kier alpha value is -0.980. The molecule has 0 aliphatic heterocycles. The maximum absolute atomic E-state index is 5.65. The van der Waals surface area contributed by atoms with Gasteiger partial charge >= 0.3 is 0 Å². The fourth-order valence-corrected chi connectivity index (χ4v) is 1.83. The van der Waals surface area contributed by atoms with E-state index in [2.05, 4.69) is 17.2 Å². The van der Waals surface area contributed by atoms with Crippen molar-refractivity contribution in [3.05, 3.63) is 11.4 Å². The Labute approximate surface area is 102 Å². The first-order chi connectivity index (χ1) is 8.13. The molecule has 0 aliphatic carbocycles. The van der Waals surface area contributed by atoms with Gasteiger partial charge in [-0.2, -0.15) is 0 Å². The second-order valence-electron chi connectivity index (χ2n) is 4.25. The third-order valence-corrected chi connectivity index (χ3v) is 2.71. The van der Waals surface area contributed by atoms with Crippen LogP contribution < -0.4 is 5.73 Å². The number of rotatable bonds is 7. The zero-order valence-corrected chi connectivity index (χ0v) is 11.0. The topological polar surface area (TPSA) is 75.2 Å². The van der Waals surface area contributed by atoms with Crippen LogP contribution >= 0.6 is 0 Å². The van der Waals surface area contributed by atoms with Crippen LogP contribution in [0.4, 0.5) is 0 Å². The average molecular weight is 242 g/mol. The monoisotopic (exact) mass is 242 g/mol. The molecule has 0 bridgehead atoms. The molecule has 0 saturated carbocycles. The van der Waals surface area contributed by atoms with Crippen LogP contribution in [0.2, 0.25) is 0 Å². The van der Waals surface area contributed by atoms with E-state index >= 15 is 0 Å². The Morgan fingerprint density at radius 3 is 2.59 bits per heavy atom. The van der Waals surface area contributed by atoms with Gasteiger partial charge in [0, 0.05) is 27.3 Å². The van der Waals surface area contributed by atoms with Crippen LogP contribution in [0.3, 0.4) is 0 Å². The van der Waals surface area contributed by atoms with E-state index in [0.717, 1.165) is 17.9 Å². The zero-order valence-electron chi connectivity index (χ0n) is 11.0. The van der Waals surface area contributed by atoms with E-state index in [-0.39, 0.29) is 6.10 Å². The van der Waals surface area contributed by atoms with Gasteiger partial charge in [-0.3, -0.25) is 0 Å². The van der Waals surface area contributed by atoms with Gasteiger partial charge in [-0.05, 0) is 12.8 Å². The predicted octanol–water partition coefficient (Wildman–Crippen LogP) is 0.727. The quantitative estimate of drug-likeness (QED) is 0.762. The van der Waals surface area contributed by atoms with E-state index in [1.165, 1.54) is 0 Å². The van der Waals surface area contributed by atoms with Crippen LogP contribution in [0.5, 0.6) is 0 Å². The molecule has 2 atom stereocenters. The summed E-state index contributed by atoms with van der Waals surface area (Å²) in [6, 6.07) is 0. The van der Waals surface area contributed by atoms with Crippen LogP contribution in [-0.2, 0) is 22.6 Å². The highest BCUT2D eigenvalue weighted by atomic mass is 16.5. The lowest BCUT2D eigenvalue weighted by molar-refractivity contribution is 0.106. The first-order valence-electron chi connectivity index (χ1n) is 5.78. The number of hydrogen-bond acceptors (Lipinski definition) is 5. The first kappa shape index (κ1) is 14.1. The second kappa shape index (κ2) is 6.68. The number of nitrogens with zero attached hydrogens (tertiary/aromatic N) is 3. The first-order valence-corrected chi connectivity index (χ1v) is 5.78. The molecule has 6 heteroatoms. The minimum atomic E-state index is -0.0571. The van der Waals surface area contributed by atoms with Crippen LogP contribution in [0.15, 0.2) is 0 Å². The SMILES string of the molecule is COCC(C)Cn1nnc(CN)c1C(C)OC. The van der Waals surface area contributed by atoms with Gasteiger partial charge in [0.15, 0.2) is 0 Å². The van der Waals surface area contributed by atoms with E-state index < -0.39 is 0 Å². The van der Waals surface area contributed by atoms with Crippen LogP contribution in [0.1, 0.15) is 31.3 Å². The lowest BCUT2D eigenvalue weighted by Gasteiger charge is -2.16. The van der Waals surface area contributed by atoms with Crippen molar-refractivity contribution < 1.29 is 9.47 Å². The maximum Gasteiger partial charge on any atom is 0.102 e. The lowest BCUT2D eigenvalue weighted by atomic mass is 10.1. The van der Waals surface area contributed by atoms with Gasteiger partial charge in [-0.25, -0.2) is 4.68 Å². The summed E-state index contributed by atoms with van der Waals surface area (Å²) in [5, 5.41) is 8.21. The zero-order chi connectivity index (χ0) is 12.8. The minimum absolute atomic E-state index is 0.0571. The fraction of sp³-hybridized carbons (Fsp3) is 0.818. The van der Waals surface area contributed by atoms with Crippen molar-refractivity contribution in [2.75, 3.05) is 20.8 Å². The molecule has 1 heterocycles. The van der Waals surface area contributed by atoms with Gasteiger partial charge < -0.3 is 15.2 Å². The number of nitrogens with two attached hydrogens (primary N) is 1.